The zero-order valence-corrected chi connectivity index (χ0v) is 6.80. The average molecular weight is 177 g/mol. The van der Waals surface area contributed by atoms with Crippen LogP contribution in [-0.4, -0.2) is 12.1 Å². The van der Waals surface area contributed by atoms with Gasteiger partial charge in [0.2, 0.25) is 5.88 Å². The highest BCUT2D eigenvalue weighted by Gasteiger charge is 1.93. The van der Waals surface area contributed by atoms with Crippen LogP contribution in [0.15, 0.2) is 18.3 Å². The Labute approximate surface area is 70.7 Å². The van der Waals surface area contributed by atoms with E-state index in [4.69, 9.17) is 10.6 Å². The highest BCUT2D eigenvalue weighted by Crippen LogP contribution is 2.13. The molecule has 1 aromatic heterocycles. The van der Waals surface area contributed by atoms with Gasteiger partial charge in [-0.1, -0.05) is 0 Å². The van der Waals surface area contributed by atoms with Crippen molar-refractivity contribution in [2.75, 3.05) is 7.11 Å². The van der Waals surface area contributed by atoms with Crippen molar-refractivity contribution < 1.29 is 9.57 Å². The molecule has 0 atom stereocenters. The SMILES string of the molecule is COc1cc(ON)ccn1.Cl. The number of rotatable bonds is 2. The van der Waals surface area contributed by atoms with Gasteiger partial charge in [0.15, 0.2) is 5.75 Å². The molecular formula is C6H9ClN2O2. The predicted octanol–water partition coefficient (Wildman–Crippen LogP) is 0.764. The van der Waals surface area contributed by atoms with Gasteiger partial charge in [0, 0.05) is 18.3 Å². The number of halogens is 1. The lowest BCUT2D eigenvalue weighted by Crippen LogP contribution is -2.01. The van der Waals surface area contributed by atoms with E-state index in [0.717, 1.165) is 0 Å². The van der Waals surface area contributed by atoms with E-state index in [2.05, 4.69) is 9.82 Å². The van der Waals surface area contributed by atoms with Gasteiger partial charge in [-0.3, -0.25) is 0 Å². The Kier molecular flexibility index (Phi) is 4.33. The molecule has 1 aromatic rings. The fourth-order valence-electron chi connectivity index (χ4n) is 0.576. The summed E-state index contributed by atoms with van der Waals surface area (Å²) in [7, 11) is 1.53. The molecule has 0 radical (unpaired) electrons. The fourth-order valence-corrected chi connectivity index (χ4v) is 0.576. The highest BCUT2D eigenvalue weighted by atomic mass is 35.5. The minimum atomic E-state index is 0. The zero-order valence-electron chi connectivity index (χ0n) is 5.98. The molecule has 0 aliphatic rings. The standard InChI is InChI=1S/C6H8N2O2.ClH/c1-9-6-4-5(10-7)2-3-8-6;/h2-4H,7H2,1H3;1H. The Morgan fingerprint density at radius 1 is 1.55 bits per heavy atom. The molecule has 0 aliphatic heterocycles. The van der Waals surface area contributed by atoms with Crippen molar-refractivity contribution in [3.8, 4) is 11.6 Å². The first kappa shape index (κ1) is 10.0. The Morgan fingerprint density at radius 2 is 2.27 bits per heavy atom. The number of pyridine rings is 1. The van der Waals surface area contributed by atoms with Crippen molar-refractivity contribution in [3.63, 3.8) is 0 Å². The van der Waals surface area contributed by atoms with Crippen LogP contribution in [0.25, 0.3) is 0 Å². The summed E-state index contributed by atoms with van der Waals surface area (Å²) in [5, 5.41) is 0. The largest absolute Gasteiger partial charge is 0.481 e. The molecule has 0 saturated carbocycles. The molecule has 1 heterocycles. The molecule has 0 saturated heterocycles. The van der Waals surface area contributed by atoms with Gasteiger partial charge < -0.3 is 9.57 Å². The first-order valence-electron chi connectivity index (χ1n) is 2.73. The Morgan fingerprint density at radius 3 is 2.82 bits per heavy atom. The van der Waals surface area contributed by atoms with Gasteiger partial charge in [0.25, 0.3) is 0 Å². The minimum Gasteiger partial charge on any atom is -0.481 e. The first-order chi connectivity index (χ1) is 4.86. The summed E-state index contributed by atoms with van der Waals surface area (Å²) < 4.78 is 4.81. The lowest BCUT2D eigenvalue weighted by Gasteiger charge is -1.99. The Balaban J connectivity index is 0.000001000. The molecule has 1 rings (SSSR count). The van der Waals surface area contributed by atoms with Crippen molar-refractivity contribution >= 4 is 12.4 Å². The third-order valence-electron chi connectivity index (χ3n) is 1.05. The number of nitrogens with two attached hydrogens (primary N) is 1. The van der Waals surface area contributed by atoms with Crippen LogP contribution in [0, 0.1) is 0 Å². The molecule has 2 N–H and O–H groups in total. The monoisotopic (exact) mass is 176 g/mol. The van der Waals surface area contributed by atoms with E-state index in [-0.39, 0.29) is 12.4 Å². The fraction of sp³-hybridized carbons (Fsp3) is 0.167. The molecule has 0 fully saturated rings. The zero-order chi connectivity index (χ0) is 7.40. The topological polar surface area (TPSA) is 57.4 Å². The summed E-state index contributed by atoms with van der Waals surface area (Å²) >= 11 is 0. The molecule has 0 aromatic carbocycles. The normalized spacial score (nSPS) is 8.18. The Hall–Kier alpha value is -1.00. The maximum atomic E-state index is 4.89. The van der Waals surface area contributed by atoms with E-state index in [1.807, 2.05) is 0 Å². The number of nitrogens with zero attached hydrogens (tertiary/aromatic N) is 1. The minimum absolute atomic E-state index is 0. The van der Waals surface area contributed by atoms with Crippen molar-refractivity contribution in [1.82, 2.24) is 4.98 Å². The smallest absolute Gasteiger partial charge is 0.216 e. The molecule has 62 valence electrons. The van der Waals surface area contributed by atoms with Gasteiger partial charge in [-0.05, 0) is 0 Å². The number of hydrogen-bond donors (Lipinski definition) is 1. The second kappa shape index (κ2) is 4.76. The van der Waals surface area contributed by atoms with Crippen molar-refractivity contribution in [1.29, 1.82) is 0 Å². The van der Waals surface area contributed by atoms with Gasteiger partial charge >= 0.3 is 0 Å². The van der Waals surface area contributed by atoms with Crippen molar-refractivity contribution in [2.45, 2.75) is 0 Å². The van der Waals surface area contributed by atoms with Crippen LogP contribution in [0.1, 0.15) is 0 Å². The summed E-state index contributed by atoms with van der Waals surface area (Å²) in [4.78, 5) is 8.28. The third kappa shape index (κ3) is 2.61. The summed E-state index contributed by atoms with van der Waals surface area (Å²) in [6.45, 7) is 0. The molecule has 0 spiro atoms. The van der Waals surface area contributed by atoms with Crippen LogP contribution in [0.3, 0.4) is 0 Å². The molecule has 0 unspecified atom stereocenters. The van der Waals surface area contributed by atoms with E-state index in [0.29, 0.717) is 11.6 Å². The molecule has 0 amide bonds. The maximum absolute atomic E-state index is 4.89. The molecule has 5 heteroatoms. The maximum Gasteiger partial charge on any atom is 0.216 e. The summed E-state index contributed by atoms with van der Waals surface area (Å²) in [6.07, 6.45) is 1.56. The molecule has 0 aliphatic carbocycles. The molecule has 0 bridgehead atoms. The van der Waals surface area contributed by atoms with Crippen LogP contribution in [-0.2, 0) is 0 Å². The van der Waals surface area contributed by atoms with Gasteiger partial charge in [-0.2, -0.15) is 5.90 Å². The van der Waals surface area contributed by atoms with Crippen LogP contribution >= 0.6 is 12.4 Å². The third-order valence-corrected chi connectivity index (χ3v) is 1.05. The van der Waals surface area contributed by atoms with E-state index in [1.54, 1.807) is 18.3 Å². The first-order valence-corrected chi connectivity index (χ1v) is 2.73. The second-order valence-electron chi connectivity index (χ2n) is 1.65. The molecular weight excluding hydrogens is 168 g/mol. The number of aromatic nitrogens is 1. The lowest BCUT2D eigenvalue weighted by molar-refractivity contribution is 0.328. The summed E-state index contributed by atoms with van der Waals surface area (Å²) in [5.74, 6) is 5.91. The van der Waals surface area contributed by atoms with E-state index < -0.39 is 0 Å². The summed E-state index contributed by atoms with van der Waals surface area (Å²) in [6, 6.07) is 3.24. The van der Waals surface area contributed by atoms with E-state index in [9.17, 15) is 0 Å². The van der Waals surface area contributed by atoms with Gasteiger partial charge in [-0.25, -0.2) is 4.98 Å². The van der Waals surface area contributed by atoms with E-state index in [1.165, 1.54) is 7.11 Å². The summed E-state index contributed by atoms with van der Waals surface area (Å²) in [5.41, 5.74) is 0. The van der Waals surface area contributed by atoms with Crippen molar-refractivity contribution in [3.05, 3.63) is 18.3 Å². The molecule has 11 heavy (non-hydrogen) atoms. The van der Waals surface area contributed by atoms with Gasteiger partial charge in [0.05, 0.1) is 7.11 Å². The number of hydrogen-bond acceptors (Lipinski definition) is 4. The number of methoxy groups -OCH3 is 1. The van der Waals surface area contributed by atoms with Gasteiger partial charge in [-0.15, -0.1) is 12.4 Å². The van der Waals surface area contributed by atoms with Crippen LogP contribution in [0.5, 0.6) is 11.6 Å². The predicted molar refractivity (Wildman–Crippen MR) is 42.9 cm³/mol. The van der Waals surface area contributed by atoms with E-state index >= 15 is 0 Å². The van der Waals surface area contributed by atoms with Crippen LogP contribution < -0.4 is 15.5 Å². The lowest BCUT2D eigenvalue weighted by atomic mass is 10.4. The average Bonchev–Trinajstić information content (AvgIpc) is 2.05. The van der Waals surface area contributed by atoms with Crippen molar-refractivity contribution in [2.24, 2.45) is 5.90 Å². The second-order valence-corrected chi connectivity index (χ2v) is 1.65. The Bertz CT molecular complexity index is 200. The van der Waals surface area contributed by atoms with Gasteiger partial charge in [0.1, 0.15) is 0 Å². The van der Waals surface area contributed by atoms with Crippen LogP contribution in [0.2, 0.25) is 0 Å². The number of ether oxygens (including phenoxy) is 1. The molecule has 4 nitrogen and oxygen atoms in total. The van der Waals surface area contributed by atoms with Crippen LogP contribution in [0.4, 0.5) is 0 Å². The highest BCUT2D eigenvalue weighted by molar-refractivity contribution is 5.85. The quantitative estimate of drug-likeness (QED) is 0.677.